The molecule has 7 heteroatoms. The van der Waals surface area contributed by atoms with Crippen LogP contribution in [0.25, 0.3) is 0 Å². The summed E-state index contributed by atoms with van der Waals surface area (Å²) in [4.78, 5) is 22.4. The average molecular weight is 319 g/mol. The van der Waals surface area contributed by atoms with E-state index in [-0.39, 0.29) is 23.5 Å². The van der Waals surface area contributed by atoms with Crippen LogP contribution in [0.15, 0.2) is 29.2 Å². The second kappa shape index (κ2) is 7.86. The number of hydrogen-bond donors (Lipinski definition) is 2. The second-order valence-electron chi connectivity index (χ2n) is 4.79. The monoisotopic (exact) mass is 319 g/mol. The Labute approximate surface area is 134 Å². The van der Waals surface area contributed by atoms with Crippen molar-refractivity contribution in [2.75, 3.05) is 25.4 Å². The number of nitrogen functional groups attached to an aromatic ring is 1. The standard InChI is InChI=1S/C15H21N5OS/c1-3-20(4-2)12(11-5-8-22-10-11)9-19-15(21)13-14(16)18-7-6-17-13/h5-8,10,12H,3-4,9H2,1-2H3,(H2,16,18)(H,19,21)/t12-/m1/s1. The fraction of sp³-hybridized carbons (Fsp3) is 0.400. The Morgan fingerprint density at radius 2 is 2.09 bits per heavy atom. The smallest absolute Gasteiger partial charge is 0.273 e. The molecule has 1 amide bonds. The second-order valence-corrected chi connectivity index (χ2v) is 5.57. The Morgan fingerprint density at radius 3 is 2.68 bits per heavy atom. The van der Waals surface area contributed by atoms with Crippen LogP contribution in [0.3, 0.4) is 0 Å². The van der Waals surface area contributed by atoms with Crippen LogP contribution in [0.1, 0.15) is 35.9 Å². The lowest BCUT2D eigenvalue weighted by Gasteiger charge is -2.29. The van der Waals surface area contributed by atoms with Crippen molar-refractivity contribution in [3.63, 3.8) is 0 Å². The lowest BCUT2D eigenvalue weighted by atomic mass is 10.1. The molecule has 2 rings (SSSR count). The van der Waals surface area contributed by atoms with Crippen molar-refractivity contribution < 1.29 is 4.79 Å². The van der Waals surface area contributed by atoms with Gasteiger partial charge < -0.3 is 11.1 Å². The summed E-state index contributed by atoms with van der Waals surface area (Å²) in [6, 6.07) is 2.24. The zero-order valence-electron chi connectivity index (χ0n) is 12.8. The molecule has 2 aromatic heterocycles. The van der Waals surface area contributed by atoms with E-state index in [0.717, 1.165) is 13.1 Å². The molecule has 0 aromatic carbocycles. The molecular formula is C15H21N5OS. The number of rotatable bonds is 7. The summed E-state index contributed by atoms with van der Waals surface area (Å²) in [6.45, 7) is 6.57. The van der Waals surface area contributed by atoms with E-state index in [1.54, 1.807) is 11.3 Å². The van der Waals surface area contributed by atoms with Crippen molar-refractivity contribution in [2.24, 2.45) is 0 Å². The highest BCUT2D eigenvalue weighted by Gasteiger charge is 2.20. The highest BCUT2D eigenvalue weighted by molar-refractivity contribution is 7.07. The van der Waals surface area contributed by atoms with E-state index in [1.807, 2.05) is 5.38 Å². The number of anilines is 1. The molecule has 2 heterocycles. The first-order chi connectivity index (χ1) is 10.7. The first-order valence-corrected chi connectivity index (χ1v) is 8.22. The zero-order chi connectivity index (χ0) is 15.9. The van der Waals surface area contributed by atoms with Gasteiger partial charge in [-0.05, 0) is 35.5 Å². The summed E-state index contributed by atoms with van der Waals surface area (Å²) in [5.41, 5.74) is 7.07. The molecule has 3 N–H and O–H groups in total. The molecule has 0 saturated carbocycles. The zero-order valence-corrected chi connectivity index (χ0v) is 13.6. The number of nitrogens with zero attached hydrogens (tertiary/aromatic N) is 3. The summed E-state index contributed by atoms with van der Waals surface area (Å²) >= 11 is 1.66. The van der Waals surface area contributed by atoms with Crippen molar-refractivity contribution in [1.29, 1.82) is 0 Å². The average Bonchev–Trinajstić information content (AvgIpc) is 3.05. The van der Waals surface area contributed by atoms with Crippen LogP contribution < -0.4 is 11.1 Å². The number of amides is 1. The van der Waals surface area contributed by atoms with Gasteiger partial charge in [-0.25, -0.2) is 9.97 Å². The normalized spacial score (nSPS) is 12.3. The van der Waals surface area contributed by atoms with E-state index in [0.29, 0.717) is 6.54 Å². The van der Waals surface area contributed by atoms with Crippen LogP contribution in [-0.4, -0.2) is 40.4 Å². The molecule has 0 spiro atoms. The third-order valence-electron chi connectivity index (χ3n) is 3.58. The van der Waals surface area contributed by atoms with Gasteiger partial charge in [0.25, 0.3) is 5.91 Å². The fourth-order valence-corrected chi connectivity index (χ4v) is 3.09. The molecule has 2 aromatic rings. The van der Waals surface area contributed by atoms with Gasteiger partial charge in [0, 0.05) is 18.9 Å². The first-order valence-electron chi connectivity index (χ1n) is 7.28. The summed E-state index contributed by atoms with van der Waals surface area (Å²) in [5, 5.41) is 7.09. The number of thiophene rings is 1. The number of carbonyl (C=O) groups excluding carboxylic acids is 1. The maximum Gasteiger partial charge on any atom is 0.273 e. The summed E-state index contributed by atoms with van der Waals surface area (Å²) in [6.07, 6.45) is 2.93. The van der Waals surface area contributed by atoms with Gasteiger partial charge in [-0.3, -0.25) is 9.69 Å². The number of nitrogens with one attached hydrogen (secondary N) is 1. The van der Waals surface area contributed by atoms with Crippen molar-refractivity contribution in [3.05, 3.63) is 40.5 Å². The maximum absolute atomic E-state index is 12.2. The molecule has 0 bridgehead atoms. The summed E-state index contributed by atoms with van der Waals surface area (Å²) < 4.78 is 0. The van der Waals surface area contributed by atoms with Crippen molar-refractivity contribution in [3.8, 4) is 0 Å². The predicted molar refractivity (Wildman–Crippen MR) is 88.8 cm³/mol. The number of aromatic nitrogens is 2. The van der Waals surface area contributed by atoms with Gasteiger partial charge >= 0.3 is 0 Å². The third-order valence-corrected chi connectivity index (χ3v) is 4.28. The molecule has 22 heavy (non-hydrogen) atoms. The SMILES string of the molecule is CCN(CC)[C@H](CNC(=O)c1nccnc1N)c1ccsc1. The Bertz CT molecular complexity index is 598. The van der Waals surface area contributed by atoms with E-state index in [9.17, 15) is 4.79 Å². The Kier molecular flexibility index (Phi) is 5.85. The molecule has 0 unspecified atom stereocenters. The lowest BCUT2D eigenvalue weighted by Crippen LogP contribution is -2.38. The van der Waals surface area contributed by atoms with Gasteiger partial charge in [-0.15, -0.1) is 0 Å². The molecule has 0 aliphatic heterocycles. The van der Waals surface area contributed by atoms with Gasteiger partial charge in [-0.2, -0.15) is 11.3 Å². The number of likely N-dealkylation sites (N-methyl/N-ethyl adjacent to an activating group) is 1. The van der Waals surface area contributed by atoms with E-state index in [1.165, 1.54) is 18.0 Å². The molecular weight excluding hydrogens is 298 g/mol. The van der Waals surface area contributed by atoms with Crippen LogP contribution in [0, 0.1) is 0 Å². The van der Waals surface area contributed by atoms with Crippen molar-refractivity contribution in [2.45, 2.75) is 19.9 Å². The lowest BCUT2D eigenvalue weighted by molar-refractivity contribution is 0.0930. The van der Waals surface area contributed by atoms with Crippen molar-refractivity contribution in [1.82, 2.24) is 20.2 Å². The minimum atomic E-state index is -0.294. The molecule has 1 atom stereocenters. The van der Waals surface area contributed by atoms with Crippen LogP contribution in [0.2, 0.25) is 0 Å². The maximum atomic E-state index is 12.2. The van der Waals surface area contributed by atoms with Gasteiger partial charge in [-0.1, -0.05) is 13.8 Å². The third kappa shape index (κ3) is 3.80. The highest BCUT2D eigenvalue weighted by Crippen LogP contribution is 2.22. The first kappa shape index (κ1) is 16.4. The van der Waals surface area contributed by atoms with Crippen LogP contribution in [0.4, 0.5) is 5.82 Å². The minimum absolute atomic E-state index is 0.142. The summed E-state index contributed by atoms with van der Waals surface area (Å²) in [5.74, 6) is -0.145. The highest BCUT2D eigenvalue weighted by atomic mass is 32.1. The van der Waals surface area contributed by atoms with E-state index in [2.05, 4.69) is 45.5 Å². The molecule has 118 valence electrons. The molecule has 0 saturated heterocycles. The Balaban J connectivity index is 2.08. The Hall–Kier alpha value is -1.99. The van der Waals surface area contributed by atoms with Gasteiger partial charge in [0.2, 0.25) is 0 Å². The van der Waals surface area contributed by atoms with Gasteiger partial charge in [0.15, 0.2) is 11.5 Å². The van der Waals surface area contributed by atoms with E-state index >= 15 is 0 Å². The van der Waals surface area contributed by atoms with Crippen LogP contribution >= 0.6 is 11.3 Å². The Morgan fingerprint density at radius 1 is 1.36 bits per heavy atom. The predicted octanol–water partition coefficient (Wildman–Crippen LogP) is 1.93. The van der Waals surface area contributed by atoms with Crippen LogP contribution in [0.5, 0.6) is 0 Å². The molecule has 0 fully saturated rings. The quantitative estimate of drug-likeness (QED) is 0.814. The molecule has 6 nitrogen and oxygen atoms in total. The molecule has 0 aliphatic carbocycles. The van der Waals surface area contributed by atoms with Crippen LogP contribution in [-0.2, 0) is 0 Å². The van der Waals surface area contributed by atoms with E-state index in [4.69, 9.17) is 5.73 Å². The minimum Gasteiger partial charge on any atom is -0.382 e. The number of hydrogen-bond acceptors (Lipinski definition) is 6. The van der Waals surface area contributed by atoms with Gasteiger partial charge in [0.05, 0.1) is 6.04 Å². The van der Waals surface area contributed by atoms with Crippen molar-refractivity contribution >= 4 is 23.1 Å². The number of carbonyl (C=O) groups is 1. The summed E-state index contributed by atoms with van der Waals surface area (Å²) in [7, 11) is 0. The van der Waals surface area contributed by atoms with E-state index < -0.39 is 0 Å². The number of nitrogens with two attached hydrogens (primary N) is 1. The van der Waals surface area contributed by atoms with Gasteiger partial charge in [0.1, 0.15) is 0 Å². The fourth-order valence-electron chi connectivity index (χ4n) is 2.38. The largest absolute Gasteiger partial charge is 0.382 e. The molecule has 0 aliphatic rings. The molecule has 0 radical (unpaired) electrons. The topological polar surface area (TPSA) is 84.1 Å².